The van der Waals surface area contributed by atoms with E-state index in [1.807, 2.05) is 55.3 Å². The number of carbonyl (C=O) groups excluding carboxylic acids is 1. The van der Waals surface area contributed by atoms with Crippen molar-refractivity contribution in [2.24, 2.45) is 5.92 Å². The minimum absolute atomic E-state index is 0.0288. The first kappa shape index (κ1) is 31.7. The summed E-state index contributed by atoms with van der Waals surface area (Å²) < 4.78 is 39.6. The fraction of sp³-hybridized carbons (Fsp3) is 0.323. The van der Waals surface area contributed by atoms with Gasteiger partial charge < -0.3 is 29.6 Å². The molecule has 0 spiro atoms. The number of aromatic nitrogens is 1. The van der Waals surface area contributed by atoms with Crippen LogP contribution in [0.4, 0.5) is 0 Å². The Morgan fingerprint density at radius 1 is 1.16 bits per heavy atom. The van der Waals surface area contributed by atoms with Gasteiger partial charge >= 0.3 is 5.97 Å². The number of allylic oxidation sites excluding steroid dienone is 2. The van der Waals surface area contributed by atoms with Crippen LogP contribution in [0.25, 0.3) is 10.9 Å². The highest BCUT2D eigenvalue weighted by Crippen LogP contribution is 2.34. The summed E-state index contributed by atoms with van der Waals surface area (Å²) in [6.07, 6.45) is 4.27. The molecular formula is C31H35N3O8S. The molecule has 0 aliphatic heterocycles. The predicted molar refractivity (Wildman–Crippen MR) is 162 cm³/mol. The van der Waals surface area contributed by atoms with Gasteiger partial charge in [0.15, 0.2) is 0 Å². The molecule has 2 aromatic carbocycles. The lowest BCUT2D eigenvalue weighted by atomic mass is 9.92. The molecule has 1 aliphatic rings. The van der Waals surface area contributed by atoms with Gasteiger partial charge in [-0.2, -0.15) is 4.72 Å². The van der Waals surface area contributed by atoms with E-state index < -0.39 is 34.2 Å². The van der Waals surface area contributed by atoms with Gasteiger partial charge in [0.1, 0.15) is 42.0 Å². The van der Waals surface area contributed by atoms with Gasteiger partial charge in [0.05, 0.1) is 24.5 Å². The Hall–Kier alpha value is -4.19. The molecule has 0 radical (unpaired) electrons. The van der Waals surface area contributed by atoms with Crippen molar-refractivity contribution in [1.29, 1.82) is 0 Å². The number of nitrogens with zero attached hydrogens (tertiary/aromatic N) is 1. The number of para-hydroxylation sites is 1. The fourth-order valence-electron chi connectivity index (χ4n) is 5.01. The maximum atomic E-state index is 12.4. The van der Waals surface area contributed by atoms with E-state index in [-0.39, 0.29) is 23.9 Å². The summed E-state index contributed by atoms with van der Waals surface area (Å²) in [5.74, 6) is 0.782. The molecule has 4 N–H and O–H groups in total. The number of methoxy groups -OCH3 is 1. The van der Waals surface area contributed by atoms with Crippen LogP contribution in [0, 0.1) is 5.92 Å². The second kappa shape index (κ2) is 13.9. The van der Waals surface area contributed by atoms with Crippen LogP contribution in [0.1, 0.15) is 29.1 Å². The highest BCUT2D eigenvalue weighted by atomic mass is 32.2. The second-order valence-corrected chi connectivity index (χ2v) is 12.2. The van der Waals surface area contributed by atoms with E-state index in [1.54, 1.807) is 18.2 Å². The summed E-state index contributed by atoms with van der Waals surface area (Å²) >= 11 is 0. The van der Waals surface area contributed by atoms with Crippen LogP contribution in [-0.4, -0.2) is 73.8 Å². The maximum absolute atomic E-state index is 12.4. The first-order valence-electron chi connectivity index (χ1n) is 13.6. The van der Waals surface area contributed by atoms with Gasteiger partial charge in [-0.1, -0.05) is 30.3 Å². The van der Waals surface area contributed by atoms with Crippen LogP contribution < -0.4 is 14.8 Å². The van der Waals surface area contributed by atoms with Crippen molar-refractivity contribution in [1.82, 2.24) is 14.6 Å². The molecule has 0 saturated carbocycles. The normalized spacial score (nSPS) is 17.2. The molecule has 0 amide bonds. The van der Waals surface area contributed by atoms with Crippen LogP contribution in [0.5, 0.6) is 5.75 Å². The molecule has 43 heavy (non-hydrogen) atoms. The predicted octanol–water partition coefficient (Wildman–Crippen LogP) is 2.82. The Morgan fingerprint density at radius 2 is 1.91 bits per heavy atom. The number of rotatable bonds is 14. The van der Waals surface area contributed by atoms with Crippen molar-refractivity contribution >= 4 is 32.8 Å². The Labute approximate surface area is 250 Å². The van der Waals surface area contributed by atoms with E-state index in [4.69, 9.17) is 9.47 Å². The van der Waals surface area contributed by atoms with Crippen LogP contribution in [-0.2, 0) is 26.0 Å². The van der Waals surface area contributed by atoms with Gasteiger partial charge in [-0.05, 0) is 61.4 Å². The smallest absolute Gasteiger partial charge is 0.352 e. The molecule has 0 fully saturated rings. The van der Waals surface area contributed by atoms with Crippen LogP contribution in [0.2, 0.25) is 0 Å². The van der Waals surface area contributed by atoms with E-state index in [1.165, 1.54) is 23.8 Å². The van der Waals surface area contributed by atoms with E-state index in [0.717, 1.165) is 11.8 Å². The highest BCUT2D eigenvalue weighted by molar-refractivity contribution is 7.88. The summed E-state index contributed by atoms with van der Waals surface area (Å²) in [7, 11) is -2.41. The van der Waals surface area contributed by atoms with Crippen molar-refractivity contribution in [2.75, 3.05) is 26.5 Å². The SMILES string of the molecule is COC1=CC(=C=O)C(C(NS(C)(=O)=O)n2c(C(=O)O)cc3cc(CC(C)NCC(O)COc4ccccc4)ccc32)C=C1. The van der Waals surface area contributed by atoms with Gasteiger partial charge in [0.25, 0.3) is 0 Å². The molecule has 1 aliphatic carbocycles. The molecule has 0 bridgehead atoms. The molecular weight excluding hydrogens is 574 g/mol. The number of fused-ring (bicyclic) bond motifs is 1. The Bertz CT molecular complexity index is 1670. The third kappa shape index (κ3) is 8.22. The zero-order chi connectivity index (χ0) is 31.1. The number of sulfonamides is 1. The topological polar surface area (TPSA) is 156 Å². The lowest BCUT2D eigenvalue weighted by Gasteiger charge is -2.29. The number of carboxylic acids is 1. The number of hydrogen-bond acceptors (Lipinski definition) is 8. The molecule has 4 rings (SSSR count). The maximum Gasteiger partial charge on any atom is 0.352 e. The fourth-order valence-corrected chi connectivity index (χ4v) is 5.70. The first-order valence-corrected chi connectivity index (χ1v) is 15.5. The minimum atomic E-state index is -3.85. The van der Waals surface area contributed by atoms with E-state index in [9.17, 15) is 28.2 Å². The number of aliphatic hydroxyl groups excluding tert-OH is 1. The number of carboxylic acid groups (broad SMARTS) is 1. The van der Waals surface area contributed by atoms with Crippen molar-refractivity contribution in [3.8, 4) is 5.75 Å². The van der Waals surface area contributed by atoms with Crippen molar-refractivity contribution < 1.29 is 37.7 Å². The Balaban J connectivity index is 1.56. The van der Waals surface area contributed by atoms with E-state index in [0.29, 0.717) is 35.4 Å². The number of ether oxygens (including phenoxy) is 2. The average Bonchev–Trinajstić information content (AvgIpc) is 3.36. The largest absolute Gasteiger partial charge is 0.497 e. The number of aromatic carboxylic acids is 1. The monoisotopic (exact) mass is 609 g/mol. The minimum Gasteiger partial charge on any atom is -0.497 e. The summed E-state index contributed by atoms with van der Waals surface area (Å²) in [6.45, 7) is 2.43. The highest BCUT2D eigenvalue weighted by Gasteiger charge is 2.33. The summed E-state index contributed by atoms with van der Waals surface area (Å²) in [6, 6.07) is 16.1. The molecule has 11 nitrogen and oxygen atoms in total. The number of carbonyl (C=O) groups is 1. The zero-order valence-corrected chi connectivity index (χ0v) is 24.9. The second-order valence-electron chi connectivity index (χ2n) is 10.4. The Morgan fingerprint density at radius 3 is 2.56 bits per heavy atom. The standard InChI is InChI=1S/C31H35N3O8S/c1-20(32-17-24(36)19-42-25-7-5-4-6-8-25)13-21-9-12-28-22(14-21)16-29(31(37)38)34(28)30(33-43(3,39)40)27-11-10-26(41-2)15-23(27)18-35/h4-12,14-16,20,24,27,30,32-33,36H,13,17,19H2,1-3H3,(H,37,38). The summed E-state index contributed by atoms with van der Waals surface area (Å²) in [4.78, 5) is 24.2. The molecule has 228 valence electrons. The number of aliphatic hydroxyl groups is 1. The Kier molecular flexibility index (Phi) is 10.2. The van der Waals surface area contributed by atoms with Gasteiger partial charge in [0, 0.05) is 23.9 Å². The third-order valence-corrected chi connectivity index (χ3v) is 7.65. The van der Waals surface area contributed by atoms with Gasteiger partial charge in [-0.3, -0.25) is 0 Å². The van der Waals surface area contributed by atoms with Crippen molar-refractivity contribution in [2.45, 2.75) is 31.7 Å². The lowest BCUT2D eigenvalue weighted by molar-refractivity contribution is 0.0681. The molecule has 4 atom stereocenters. The zero-order valence-electron chi connectivity index (χ0n) is 24.1. The average molecular weight is 610 g/mol. The lowest BCUT2D eigenvalue weighted by Crippen LogP contribution is -2.38. The summed E-state index contributed by atoms with van der Waals surface area (Å²) in [5, 5.41) is 24.3. The van der Waals surface area contributed by atoms with E-state index >= 15 is 0 Å². The molecule has 0 saturated heterocycles. The molecule has 3 aromatic rings. The number of nitrogens with one attached hydrogen (secondary N) is 2. The van der Waals surface area contributed by atoms with Gasteiger partial charge in [0.2, 0.25) is 10.0 Å². The first-order chi connectivity index (χ1) is 20.5. The molecule has 4 unspecified atom stereocenters. The third-order valence-electron chi connectivity index (χ3n) is 6.98. The molecule has 1 aromatic heterocycles. The number of benzene rings is 2. The van der Waals surface area contributed by atoms with E-state index in [2.05, 4.69) is 10.0 Å². The van der Waals surface area contributed by atoms with Crippen LogP contribution in [0.3, 0.4) is 0 Å². The van der Waals surface area contributed by atoms with Gasteiger partial charge in [-0.15, -0.1) is 0 Å². The van der Waals surface area contributed by atoms with Crippen LogP contribution >= 0.6 is 0 Å². The number of hydrogen-bond donors (Lipinski definition) is 4. The summed E-state index contributed by atoms with van der Waals surface area (Å²) in [5.41, 5.74) is 1.33. The quantitative estimate of drug-likeness (QED) is 0.202. The van der Waals surface area contributed by atoms with Crippen LogP contribution in [0.15, 0.2) is 84.2 Å². The van der Waals surface area contributed by atoms with Crippen molar-refractivity contribution in [3.63, 3.8) is 0 Å². The molecule has 1 heterocycles. The van der Waals surface area contributed by atoms with Gasteiger partial charge in [-0.25, -0.2) is 18.0 Å². The molecule has 12 heteroatoms. The van der Waals surface area contributed by atoms with Crippen molar-refractivity contribution in [3.05, 3.63) is 95.4 Å².